The van der Waals surface area contributed by atoms with E-state index in [4.69, 9.17) is 20.4 Å². The summed E-state index contributed by atoms with van der Waals surface area (Å²) in [7, 11) is 2.82. The number of nitrogens with zero attached hydrogens (tertiary/aromatic N) is 5. The van der Waals surface area contributed by atoms with Crippen molar-refractivity contribution < 1.29 is 9.13 Å². The molecule has 5 N–H and O–H groups in total. The minimum absolute atomic E-state index is 0.178. The SMILES string of the molecule is CC1(C)CN(c2nc(NCC3=CC=CNN3)c3c4c(c(-c5ncc(F)c6sc(N)c(C#N)c56)c(P)c3n2)COC4)C1. The molecule has 0 amide bonds. The first-order chi connectivity index (χ1) is 19.8. The molecule has 1 aromatic carbocycles. The van der Waals surface area contributed by atoms with E-state index in [9.17, 15) is 9.65 Å². The zero-order valence-corrected chi connectivity index (χ0v) is 24.4. The summed E-state index contributed by atoms with van der Waals surface area (Å²) in [6.07, 6.45) is 6.93. The standard InChI is InChI=1S/C28H27FN9OPS/c1-28(2)11-38(12-28)27-35-22-20(26(36-27)33-7-13-4-3-5-34-37-13)16-10-39-9-15(16)18(23(22)40)21-19-14(6-30)25(31)41-24(19)17(29)8-32-21/h3-5,8,34,37H,7,9-12,31,40H2,1-2H3,(H,33,35,36). The molecule has 3 aliphatic heterocycles. The monoisotopic (exact) mass is 587 g/mol. The number of nitrogens with one attached hydrogen (secondary N) is 3. The first-order valence-electron chi connectivity index (χ1n) is 13.1. The lowest BCUT2D eigenvalue weighted by atomic mass is 9.85. The number of nitriles is 1. The van der Waals surface area contributed by atoms with Crippen LogP contribution in [0.1, 0.15) is 30.5 Å². The van der Waals surface area contributed by atoms with Crippen molar-refractivity contribution in [3.05, 3.63) is 52.8 Å². The van der Waals surface area contributed by atoms with Gasteiger partial charge in [0, 0.05) is 40.9 Å². The van der Waals surface area contributed by atoms with Crippen molar-refractivity contribution in [2.24, 2.45) is 5.41 Å². The Hall–Kier alpha value is -4.04. The fourth-order valence-corrected chi connectivity index (χ4v) is 7.25. The van der Waals surface area contributed by atoms with Gasteiger partial charge in [-0.1, -0.05) is 13.8 Å². The summed E-state index contributed by atoms with van der Waals surface area (Å²) in [5.74, 6) is 0.831. The van der Waals surface area contributed by atoms with E-state index in [-0.39, 0.29) is 16.0 Å². The van der Waals surface area contributed by atoms with E-state index < -0.39 is 5.82 Å². The van der Waals surface area contributed by atoms with Gasteiger partial charge in [0.1, 0.15) is 16.9 Å². The van der Waals surface area contributed by atoms with Gasteiger partial charge in [-0.25, -0.2) is 9.37 Å². The van der Waals surface area contributed by atoms with Crippen LogP contribution >= 0.6 is 20.6 Å². The number of pyridine rings is 1. The fraction of sp³-hybridized carbons (Fsp3) is 0.286. The van der Waals surface area contributed by atoms with Crippen LogP contribution in [0, 0.1) is 22.6 Å². The van der Waals surface area contributed by atoms with E-state index in [0.717, 1.165) is 63.0 Å². The molecule has 1 fully saturated rings. The third-order valence-corrected chi connectivity index (χ3v) is 9.19. The number of allylic oxidation sites excluding steroid dienone is 2. The molecular weight excluding hydrogens is 560 g/mol. The summed E-state index contributed by atoms with van der Waals surface area (Å²) in [5, 5.41) is 15.8. The molecule has 1 saturated heterocycles. The number of ether oxygens (including phenoxy) is 1. The highest BCUT2D eigenvalue weighted by Crippen LogP contribution is 2.45. The van der Waals surface area contributed by atoms with Crippen LogP contribution in [0.4, 0.5) is 21.2 Å². The highest BCUT2D eigenvalue weighted by molar-refractivity contribution is 7.29. The number of hydrazine groups is 1. The Kier molecular flexibility index (Phi) is 6.01. The van der Waals surface area contributed by atoms with Gasteiger partial charge in [0.2, 0.25) is 5.95 Å². The lowest BCUT2D eigenvalue weighted by molar-refractivity contribution is 0.135. The molecule has 0 aliphatic carbocycles. The second kappa shape index (κ2) is 9.52. The molecule has 0 saturated carbocycles. The van der Waals surface area contributed by atoms with E-state index in [0.29, 0.717) is 47.3 Å². The molecule has 1 unspecified atom stereocenters. The Labute approximate surface area is 241 Å². The van der Waals surface area contributed by atoms with Crippen molar-refractivity contribution in [2.75, 3.05) is 35.6 Å². The molecule has 0 bridgehead atoms. The van der Waals surface area contributed by atoms with Crippen molar-refractivity contribution in [3.63, 3.8) is 0 Å². The van der Waals surface area contributed by atoms with Gasteiger partial charge in [0.05, 0.1) is 53.1 Å². The Morgan fingerprint density at radius 3 is 2.80 bits per heavy atom. The predicted octanol–water partition coefficient (Wildman–Crippen LogP) is 3.79. The van der Waals surface area contributed by atoms with Gasteiger partial charge in [0.25, 0.3) is 0 Å². The van der Waals surface area contributed by atoms with E-state index in [1.807, 2.05) is 18.4 Å². The lowest BCUT2D eigenvalue weighted by Crippen LogP contribution is -2.53. The zero-order valence-electron chi connectivity index (χ0n) is 22.4. The molecule has 41 heavy (non-hydrogen) atoms. The second-order valence-electron chi connectivity index (χ2n) is 11.1. The number of anilines is 3. The number of benzene rings is 1. The predicted molar refractivity (Wildman–Crippen MR) is 163 cm³/mol. The first-order valence-corrected chi connectivity index (χ1v) is 14.5. The van der Waals surface area contributed by atoms with Crippen LogP contribution in [0.15, 0.2) is 30.2 Å². The van der Waals surface area contributed by atoms with Crippen LogP contribution in [-0.2, 0) is 18.0 Å². The molecule has 6 heterocycles. The number of aromatic nitrogens is 3. The summed E-state index contributed by atoms with van der Waals surface area (Å²) in [6, 6.07) is 2.16. The average molecular weight is 588 g/mol. The van der Waals surface area contributed by atoms with Crippen molar-refractivity contribution in [3.8, 4) is 17.3 Å². The zero-order chi connectivity index (χ0) is 28.5. The molecular formula is C28H27FN9OPS. The molecule has 4 aromatic rings. The maximum absolute atomic E-state index is 14.9. The molecule has 0 spiro atoms. The second-order valence-corrected chi connectivity index (χ2v) is 12.8. The Morgan fingerprint density at radius 1 is 1.27 bits per heavy atom. The summed E-state index contributed by atoms with van der Waals surface area (Å²) >= 11 is 1.06. The summed E-state index contributed by atoms with van der Waals surface area (Å²) < 4.78 is 21.2. The van der Waals surface area contributed by atoms with Gasteiger partial charge >= 0.3 is 0 Å². The summed E-state index contributed by atoms with van der Waals surface area (Å²) in [6.45, 7) is 7.34. The van der Waals surface area contributed by atoms with Crippen molar-refractivity contribution in [2.45, 2.75) is 27.1 Å². The molecule has 7 rings (SSSR count). The number of nitrogen functional groups attached to an aromatic ring is 1. The van der Waals surface area contributed by atoms with E-state index in [1.165, 1.54) is 6.20 Å². The smallest absolute Gasteiger partial charge is 0.227 e. The maximum Gasteiger partial charge on any atom is 0.227 e. The van der Waals surface area contributed by atoms with Gasteiger partial charge in [-0.2, -0.15) is 10.2 Å². The molecule has 1 atom stereocenters. The third kappa shape index (κ3) is 4.15. The number of rotatable bonds is 5. The first kappa shape index (κ1) is 25.9. The topological polar surface area (TPSA) is 137 Å². The van der Waals surface area contributed by atoms with Crippen LogP contribution in [0.25, 0.3) is 32.2 Å². The maximum atomic E-state index is 14.9. The molecule has 3 aliphatic rings. The lowest BCUT2D eigenvalue weighted by Gasteiger charge is -2.45. The molecule has 10 nitrogen and oxygen atoms in total. The molecule has 13 heteroatoms. The largest absolute Gasteiger partial charge is 0.389 e. The van der Waals surface area contributed by atoms with Crippen molar-refractivity contribution in [1.82, 2.24) is 25.8 Å². The van der Waals surface area contributed by atoms with E-state index in [1.54, 1.807) is 0 Å². The number of fused-ring (bicyclic) bond motifs is 4. The Morgan fingerprint density at radius 2 is 2.07 bits per heavy atom. The van der Waals surface area contributed by atoms with Crippen LogP contribution < -0.4 is 32.1 Å². The van der Waals surface area contributed by atoms with Gasteiger partial charge < -0.3 is 31.5 Å². The molecule has 3 aromatic heterocycles. The average Bonchev–Trinajstić information content (AvgIpc) is 3.56. The molecule has 0 radical (unpaired) electrons. The number of thiophene rings is 1. The normalized spacial score (nSPS) is 17.0. The number of halogens is 1. The highest BCUT2D eigenvalue weighted by Gasteiger charge is 2.37. The number of hydrogen-bond acceptors (Lipinski definition) is 11. The van der Waals surface area contributed by atoms with Gasteiger partial charge in [0.15, 0.2) is 5.82 Å². The van der Waals surface area contributed by atoms with Crippen LogP contribution in [0.5, 0.6) is 0 Å². The highest BCUT2D eigenvalue weighted by atomic mass is 32.1. The van der Waals surface area contributed by atoms with Crippen LogP contribution in [0.3, 0.4) is 0 Å². The van der Waals surface area contributed by atoms with Gasteiger partial charge in [-0.3, -0.25) is 4.98 Å². The van der Waals surface area contributed by atoms with Gasteiger partial charge in [-0.15, -0.1) is 20.6 Å². The molecule has 208 valence electrons. The quantitative estimate of drug-likeness (QED) is 0.255. The summed E-state index contributed by atoms with van der Waals surface area (Å²) in [5.41, 5.74) is 17.5. The Balaban J connectivity index is 1.48. The van der Waals surface area contributed by atoms with Crippen molar-refractivity contribution >= 4 is 63.6 Å². The van der Waals surface area contributed by atoms with Crippen LogP contribution in [0.2, 0.25) is 0 Å². The third-order valence-electron chi connectivity index (χ3n) is 7.60. The minimum atomic E-state index is -0.507. The van der Waals surface area contributed by atoms with Crippen molar-refractivity contribution in [1.29, 1.82) is 5.26 Å². The van der Waals surface area contributed by atoms with Gasteiger partial charge in [-0.05, 0) is 28.7 Å². The minimum Gasteiger partial charge on any atom is -0.389 e. The van der Waals surface area contributed by atoms with E-state index in [2.05, 4.69) is 55.2 Å². The number of nitrogens with two attached hydrogens (primary N) is 1. The van der Waals surface area contributed by atoms with Crippen LogP contribution in [-0.4, -0.2) is 34.6 Å². The number of hydrogen-bond donors (Lipinski definition) is 4. The summed E-state index contributed by atoms with van der Waals surface area (Å²) in [4.78, 5) is 16.8. The fourth-order valence-electron chi connectivity index (χ4n) is 5.81. The Bertz CT molecular complexity index is 1870. The van der Waals surface area contributed by atoms with E-state index >= 15 is 0 Å².